The van der Waals surface area contributed by atoms with Gasteiger partial charge in [-0.15, -0.1) is 0 Å². The van der Waals surface area contributed by atoms with Gasteiger partial charge in [-0.1, -0.05) is 0 Å². The van der Waals surface area contributed by atoms with Gasteiger partial charge in [0.2, 0.25) is 0 Å². The molecule has 0 saturated carbocycles. The second kappa shape index (κ2) is 3.03. The molecule has 0 spiro atoms. The number of hydrogen-bond donors (Lipinski definition) is 0. The Hall–Kier alpha value is -0.180. The van der Waals surface area contributed by atoms with E-state index in [-0.39, 0.29) is 0 Å². The Balaban J connectivity index is 2.75. The predicted molar refractivity (Wildman–Crippen MR) is 16.4 cm³/mol. The third-order valence-corrected chi connectivity index (χ3v) is 0.348. The molecule has 0 aliphatic carbocycles. The van der Waals surface area contributed by atoms with Crippen molar-refractivity contribution in [3.63, 3.8) is 0 Å². The van der Waals surface area contributed by atoms with Gasteiger partial charge in [0.1, 0.15) is 13.3 Å². The molecule has 0 N–H and O–H groups in total. The van der Waals surface area contributed by atoms with Gasteiger partial charge in [-0.2, -0.15) is 0 Å². The highest BCUT2D eigenvalue weighted by Crippen LogP contribution is 1.86. The smallest absolute Gasteiger partial charge is 0.155 e. The van der Waals surface area contributed by atoms with Crippen LogP contribution in [0.3, 0.4) is 0 Å². The van der Waals surface area contributed by atoms with Crippen molar-refractivity contribution in [1.82, 2.24) is 0 Å². The van der Waals surface area contributed by atoms with Gasteiger partial charge in [0.25, 0.3) is 0 Å². The minimum absolute atomic E-state index is 0.962. The van der Waals surface area contributed by atoms with Gasteiger partial charge in [0.15, 0.2) is 6.17 Å². The lowest BCUT2D eigenvalue weighted by atomic mass is 10.5. The van der Waals surface area contributed by atoms with Crippen LogP contribution in [0.15, 0.2) is 0 Å². The zero-order valence-electron chi connectivity index (χ0n) is 3.16. The van der Waals surface area contributed by atoms with Crippen LogP contribution < -0.4 is 0 Å². The fourth-order valence-corrected chi connectivity index (χ4v) is 0.0445. The van der Waals surface area contributed by atoms with E-state index in [1.165, 1.54) is 0 Å². The summed E-state index contributed by atoms with van der Waals surface area (Å²) in [6.07, 6.45) is -1.79. The molecule has 1 atom stereocenters. The van der Waals surface area contributed by atoms with Crippen LogP contribution >= 0.6 is 0 Å². The van der Waals surface area contributed by atoms with E-state index in [0.717, 1.165) is 0 Å². The van der Waals surface area contributed by atoms with Gasteiger partial charge in [-0.3, -0.25) is 0 Å². The van der Waals surface area contributed by atoms with Crippen LogP contribution in [0.4, 0.5) is 8.78 Å². The van der Waals surface area contributed by atoms with Crippen molar-refractivity contribution in [2.75, 3.05) is 13.3 Å². The van der Waals surface area contributed by atoms with E-state index < -0.39 is 19.5 Å². The van der Waals surface area contributed by atoms with Crippen LogP contribution in [0.25, 0.3) is 0 Å². The maximum atomic E-state index is 11.2. The van der Waals surface area contributed by atoms with E-state index in [1.807, 2.05) is 0 Å². The molecule has 0 aromatic rings. The van der Waals surface area contributed by atoms with Gasteiger partial charge >= 0.3 is 0 Å². The molecule has 1 nitrogen and oxygen atoms in total. The molecule has 37 valence electrons. The first-order valence-corrected chi connectivity index (χ1v) is 1.59. The lowest BCUT2D eigenvalue weighted by molar-refractivity contribution is 0.0979. The van der Waals surface area contributed by atoms with E-state index in [1.54, 1.807) is 0 Å². The molecular formula is C3H5F2O. The van der Waals surface area contributed by atoms with Gasteiger partial charge < -0.3 is 0 Å². The molecule has 6 heavy (non-hydrogen) atoms. The highest BCUT2D eigenvalue weighted by molar-refractivity contribution is 4.45. The van der Waals surface area contributed by atoms with Crippen LogP contribution in [0.1, 0.15) is 0 Å². The summed E-state index contributed by atoms with van der Waals surface area (Å²) in [4.78, 5) is 0. The first-order valence-electron chi connectivity index (χ1n) is 1.59. The summed E-state index contributed by atoms with van der Waals surface area (Å²) in [6.45, 7) is -2.11. The topological polar surface area (TPSA) is 19.9 Å². The maximum absolute atomic E-state index is 11.2. The largest absolute Gasteiger partial charge is 0.248 e. The zero-order chi connectivity index (χ0) is 4.99. The van der Waals surface area contributed by atoms with Crippen molar-refractivity contribution in [2.45, 2.75) is 6.17 Å². The Labute approximate surface area is 34.6 Å². The van der Waals surface area contributed by atoms with E-state index in [4.69, 9.17) is 0 Å². The molecule has 0 amide bonds. The summed E-state index contributed by atoms with van der Waals surface area (Å²) >= 11 is 0. The van der Waals surface area contributed by atoms with E-state index in [0.29, 0.717) is 0 Å². The Morgan fingerprint density at radius 3 is 2.17 bits per heavy atom. The fourth-order valence-electron chi connectivity index (χ4n) is 0.0445. The van der Waals surface area contributed by atoms with Gasteiger partial charge in [-0.05, 0) is 0 Å². The lowest BCUT2D eigenvalue weighted by Crippen LogP contribution is -2.05. The van der Waals surface area contributed by atoms with Gasteiger partial charge in [0, 0.05) is 0 Å². The number of halogens is 2. The summed E-state index contributed by atoms with van der Waals surface area (Å²) in [5, 5.41) is 9.25. The lowest BCUT2D eigenvalue weighted by Gasteiger charge is -1.88. The predicted octanol–water partition coefficient (Wildman–Crippen LogP) is 0.725. The monoisotopic (exact) mass is 95.0 g/mol. The van der Waals surface area contributed by atoms with Crippen molar-refractivity contribution in [1.29, 1.82) is 0 Å². The molecule has 0 aliphatic heterocycles. The van der Waals surface area contributed by atoms with E-state index in [2.05, 4.69) is 0 Å². The second-order valence-electron chi connectivity index (χ2n) is 0.918. The molecule has 0 fully saturated rings. The molecule has 0 bridgehead atoms. The SMILES string of the molecule is [O]CC(F)CF. The third-order valence-electron chi connectivity index (χ3n) is 0.348. The molecule has 0 aromatic heterocycles. The van der Waals surface area contributed by atoms with Crippen LogP contribution in [-0.2, 0) is 5.11 Å². The number of hydrogen-bond acceptors (Lipinski definition) is 0. The molecule has 3 heteroatoms. The Kier molecular flexibility index (Phi) is 2.94. The van der Waals surface area contributed by atoms with Crippen LogP contribution in [0, 0.1) is 0 Å². The summed E-state index contributed by atoms with van der Waals surface area (Å²) in [5.74, 6) is 0. The van der Waals surface area contributed by atoms with Crippen LogP contribution in [0.2, 0.25) is 0 Å². The molecule has 0 heterocycles. The molecule has 0 aliphatic rings. The summed E-state index contributed by atoms with van der Waals surface area (Å²) in [6, 6.07) is 0. The summed E-state index contributed by atoms with van der Waals surface area (Å²) in [5.41, 5.74) is 0. The minimum Gasteiger partial charge on any atom is -0.248 e. The quantitative estimate of drug-likeness (QED) is 0.481. The van der Waals surface area contributed by atoms with Crippen LogP contribution in [0.5, 0.6) is 0 Å². The van der Waals surface area contributed by atoms with Crippen molar-refractivity contribution in [2.24, 2.45) is 0 Å². The zero-order valence-corrected chi connectivity index (χ0v) is 3.16. The average molecular weight is 95.1 g/mol. The van der Waals surface area contributed by atoms with Crippen molar-refractivity contribution in [3.05, 3.63) is 0 Å². The fraction of sp³-hybridized carbons (Fsp3) is 1.00. The van der Waals surface area contributed by atoms with E-state index >= 15 is 0 Å². The summed E-state index contributed by atoms with van der Waals surface area (Å²) in [7, 11) is 0. The highest BCUT2D eigenvalue weighted by atomic mass is 19.2. The molecule has 1 unspecified atom stereocenters. The first-order chi connectivity index (χ1) is 2.81. The van der Waals surface area contributed by atoms with Gasteiger partial charge in [-0.25, -0.2) is 13.9 Å². The second-order valence-corrected chi connectivity index (χ2v) is 0.918. The molecular weight excluding hydrogens is 90.0 g/mol. The Bertz CT molecular complexity index is 28.0. The molecule has 0 rings (SSSR count). The third kappa shape index (κ3) is 2.08. The molecule has 0 saturated heterocycles. The molecule has 1 radical (unpaired) electrons. The Morgan fingerprint density at radius 2 is 2.17 bits per heavy atom. The maximum Gasteiger partial charge on any atom is 0.155 e. The van der Waals surface area contributed by atoms with Crippen LogP contribution in [-0.4, -0.2) is 19.5 Å². The van der Waals surface area contributed by atoms with Crippen molar-refractivity contribution in [3.8, 4) is 0 Å². The first kappa shape index (κ1) is 5.82. The van der Waals surface area contributed by atoms with E-state index in [9.17, 15) is 13.9 Å². The molecule has 0 aromatic carbocycles. The van der Waals surface area contributed by atoms with Crippen molar-refractivity contribution < 1.29 is 13.9 Å². The summed E-state index contributed by atoms with van der Waals surface area (Å²) < 4.78 is 22.0. The Morgan fingerprint density at radius 1 is 1.67 bits per heavy atom. The standard InChI is InChI=1S/C3H5F2O/c4-1-3(5)2-6/h3H,1-2H2. The van der Waals surface area contributed by atoms with Gasteiger partial charge in [0.05, 0.1) is 0 Å². The average Bonchev–Trinajstić information content (AvgIpc) is 1.65. The van der Waals surface area contributed by atoms with Crippen molar-refractivity contribution >= 4 is 0 Å². The minimum atomic E-state index is -1.79. The normalized spacial score (nSPS) is 14.5. The number of alkyl halides is 2. The number of rotatable bonds is 2. The highest BCUT2D eigenvalue weighted by Gasteiger charge is 2.00.